The minimum absolute atomic E-state index is 0.00891. The Morgan fingerprint density at radius 2 is 1.30 bits per heavy atom. The molecule has 126 valence electrons. The van der Waals surface area contributed by atoms with E-state index in [4.69, 9.17) is 10.5 Å². The summed E-state index contributed by atoms with van der Waals surface area (Å²) in [6.45, 7) is 0.864. The molecule has 0 saturated heterocycles. The zero-order valence-corrected chi connectivity index (χ0v) is 14.2. The standard InChI is InChI=1S/C17H26N4O2/c1-20(11-5-9-18)15(22)13-17(7-3-4-8-17)14-16(23)21(2)12-6-10-19/h3-8,11-14H2,1-2H3. The quantitative estimate of drug-likeness (QED) is 0.685. The molecule has 0 unspecified atom stereocenters. The summed E-state index contributed by atoms with van der Waals surface area (Å²) >= 11 is 0. The first-order chi connectivity index (χ1) is 10.9. The van der Waals surface area contributed by atoms with Crippen LogP contribution in [0, 0.1) is 28.1 Å². The molecule has 0 spiro atoms. The van der Waals surface area contributed by atoms with Crippen molar-refractivity contribution < 1.29 is 9.59 Å². The van der Waals surface area contributed by atoms with Crippen LogP contribution in [0.15, 0.2) is 0 Å². The molecule has 1 aliphatic carbocycles. The van der Waals surface area contributed by atoms with Gasteiger partial charge >= 0.3 is 0 Å². The highest BCUT2D eigenvalue weighted by molar-refractivity contribution is 5.80. The van der Waals surface area contributed by atoms with Crippen LogP contribution in [-0.4, -0.2) is 48.8 Å². The molecule has 0 aromatic rings. The van der Waals surface area contributed by atoms with Gasteiger partial charge in [0.1, 0.15) is 0 Å². The fourth-order valence-electron chi connectivity index (χ4n) is 3.14. The molecule has 0 N–H and O–H groups in total. The van der Waals surface area contributed by atoms with E-state index in [1.54, 1.807) is 23.9 Å². The molecule has 0 radical (unpaired) electrons. The number of carbonyl (C=O) groups is 2. The molecule has 1 rings (SSSR count). The maximum atomic E-state index is 12.4. The van der Waals surface area contributed by atoms with Crippen LogP contribution in [0.5, 0.6) is 0 Å². The molecule has 0 heterocycles. The second-order valence-corrected chi connectivity index (χ2v) is 6.51. The Kier molecular flexibility index (Phi) is 7.54. The summed E-state index contributed by atoms with van der Waals surface area (Å²) in [6, 6.07) is 4.08. The number of hydrogen-bond donors (Lipinski definition) is 0. The first kappa shape index (κ1) is 19.0. The highest BCUT2D eigenvalue weighted by Crippen LogP contribution is 2.44. The van der Waals surface area contributed by atoms with Crippen molar-refractivity contribution in [1.82, 2.24) is 9.80 Å². The summed E-state index contributed by atoms with van der Waals surface area (Å²) in [5.41, 5.74) is -0.254. The summed E-state index contributed by atoms with van der Waals surface area (Å²) in [7, 11) is 3.42. The molecular weight excluding hydrogens is 292 g/mol. The first-order valence-electron chi connectivity index (χ1n) is 8.16. The highest BCUT2D eigenvalue weighted by atomic mass is 16.2. The van der Waals surface area contributed by atoms with Crippen molar-refractivity contribution in [2.75, 3.05) is 27.2 Å². The molecule has 0 aromatic heterocycles. The molecule has 1 fully saturated rings. The smallest absolute Gasteiger partial charge is 0.222 e. The van der Waals surface area contributed by atoms with E-state index < -0.39 is 0 Å². The predicted molar refractivity (Wildman–Crippen MR) is 85.9 cm³/mol. The molecule has 2 amide bonds. The van der Waals surface area contributed by atoms with E-state index in [1.807, 2.05) is 12.1 Å². The second-order valence-electron chi connectivity index (χ2n) is 6.51. The Bertz CT molecular complexity index is 458. The lowest BCUT2D eigenvalue weighted by Gasteiger charge is -2.31. The van der Waals surface area contributed by atoms with Crippen molar-refractivity contribution in [3.63, 3.8) is 0 Å². The van der Waals surface area contributed by atoms with Crippen molar-refractivity contribution in [3.05, 3.63) is 0 Å². The normalized spacial score (nSPS) is 15.5. The summed E-state index contributed by atoms with van der Waals surface area (Å²) in [5, 5.41) is 17.2. The predicted octanol–water partition coefficient (Wildman–Crippen LogP) is 2.07. The van der Waals surface area contributed by atoms with Gasteiger partial charge in [-0.05, 0) is 18.3 Å². The fourth-order valence-corrected chi connectivity index (χ4v) is 3.14. The summed E-state index contributed by atoms with van der Waals surface area (Å²) in [4.78, 5) is 27.9. The van der Waals surface area contributed by atoms with Gasteiger partial charge in [-0.2, -0.15) is 10.5 Å². The third-order valence-corrected chi connectivity index (χ3v) is 4.69. The molecule has 0 bridgehead atoms. The van der Waals surface area contributed by atoms with Gasteiger partial charge < -0.3 is 9.80 Å². The van der Waals surface area contributed by atoms with Gasteiger partial charge in [-0.25, -0.2) is 0 Å². The third kappa shape index (κ3) is 5.90. The molecule has 1 saturated carbocycles. The topological polar surface area (TPSA) is 88.2 Å². The van der Waals surface area contributed by atoms with Crippen LogP contribution in [-0.2, 0) is 9.59 Å². The van der Waals surface area contributed by atoms with E-state index >= 15 is 0 Å². The number of rotatable bonds is 8. The third-order valence-electron chi connectivity index (χ3n) is 4.69. The van der Waals surface area contributed by atoms with Crippen molar-refractivity contribution in [3.8, 4) is 12.1 Å². The average Bonchev–Trinajstić information content (AvgIpc) is 2.97. The van der Waals surface area contributed by atoms with E-state index in [-0.39, 0.29) is 17.2 Å². The lowest BCUT2D eigenvalue weighted by atomic mass is 9.78. The SMILES string of the molecule is CN(CCC#N)C(=O)CC1(CC(=O)N(C)CCC#N)CCCC1. The van der Waals surface area contributed by atoms with Crippen LogP contribution in [0.3, 0.4) is 0 Å². The van der Waals surface area contributed by atoms with E-state index in [1.165, 1.54) is 0 Å². The molecule has 0 aliphatic heterocycles. The molecule has 6 nitrogen and oxygen atoms in total. The fraction of sp³-hybridized carbons (Fsp3) is 0.765. The Labute approximate surface area is 138 Å². The van der Waals surface area contributed by atoms with Crippen molar-refractivity contribution >= 4 is 11.8 Å². The number of hydrogen-bond acceptors (Lipinski definition) is 4. The summed E-state index contributed by atoms with van der Waals surface area (Å²) in [5.74, 6) is 0.0178. The maximum Gasteiger partial charge on any atom is 0.222 e. The number of amides is 2. The van der Waals surface area contributed by atoms with Gasteiger partial charge in [-0.1, -0.05) is 12.8 Å². The zero-order chi connectivity index (χ0) is 17.3. The van der Waals surface area contributed by atoms with Crippen LogP contribution < -0.4 is 0 Å². The van der Waals surface area contributed by atoms with Gasteiger partial charge in [0.25, 0.3) is 0 Å². The van der Waals surface area contributed by atoms with Crippen molar-refractivity contribution in [1.29, 1.82) is 10.5 Å². The lowest BCUT2D eigenvalue weighted by Crippen LogP contribution is -2.37. The van der Waals surface area contributed by atoms with Gasteiger partial charge in [0.2, 0.25) is 11.8 Å². The average molecular weight is 318 g/mol. The van der Waals surface area contributed by atoms with Gasteiger partial charge in [0, 0.05) is 40.0 Å². The van der Waals surface area contributed by atoms with Gasteiger partial charge in [0.15, 0.2) is 0 Å². The maximum absolute atomic E-state index is 12.4. The Morgan fingerprint density at radius 1 is 0.913 bits per heavy atom. The van der Waals surface area contributed by atoms with Crippen LogP contribution in [0.25, 0.3) is 0 Å². The first-order valence-corrected chi connectivity index (χ1v) is 8.16. The van der Waals surface area contributed by atoms with E-state index in [2.05, 4.69) is 0 Å². The summed E-state index contributed by atoms with van der Waals surface area (Å²) in [6.07, 6.45) is 5.26. The molecular formula is C17H26N4O2. The van der Waals surface area contributed by atoms with Gasteiger partial charge in [-0.15, -0.1) is 0 Å². The van der Waals surface area contributed by atoms with Gasteiger partial charge in [-0.3, -0.25) is 9.59 Å². The minimum Gasteiger partial charge on any atom is -0.345 e. The monoisotopic (exact) mass is 318 g/mol. The molecule has 0 aromatic carbocycles. The molecule has 1 aliphatic rings. The summed E-state index contributed by atoms with van der Waals surface area (Å²) < 4.78 is 0. The van der Waals surface area contributed by atoms with E-state index in [9.17, 15) is 9.59 Å². The van der Waals surface area contributed by atoms with E-state index in [0.717, 1.165) is 25.7 Å². The van der Waals surface area contributed by atoms with Crippen molar-refractivity contribution in [2.45, 2.75) is 51.4 Å². The Morgan fingerprint density at radius 3 is 1.65 bits per heavy atom. The van der Waals surface area contributed by atoms with E-state index in [0.29, 0.717) is 38.8 Å². The zero-order valence-electron chi connectivity index (χ0n) is 14.2. The molecule has 6 heteroatoms. The number of carbonyl (C=O) groups excluding carboxylic acids is 2. The molecule has 23 heavy (non-hydrogen) atoms. The minimum atomic E-state index is -0.254. The van der Waals surface area contributed by atoms with Gasteiger partial charge in [0.05, 0.1) is 25.0 Å². The van der Waals surface area contributed by atoms with Crippen LogP contribution in [0.4, 0.5) is 0 Å². The van der Waals surface area contributed by atoms with Crippen LogP contribution >= 0.6 is 0 Å². The van der Waals surface area contributed by atoms with Crippen LogP contribution in [0.2, 0.25) is 0 Å². The lowest BCUT2D eigenvalue weighted by molar-refractivity contribution is -0.136. The second kappa shape index (κ2) is 9.15. The number of nitrogens with zero attached hydrogens (tertiary/aromatic N) is 4. The Hall–Kier alpha value is -2.08. The highest BCUT2D eigenvalue weighted by Gasteiger charge is 2.39. The Balaban J connectivity index is 2.65. The largest absolute Gasteiger partial charge is 0.345 e. The molecule has 0 atom stereocenters. The van der Waals surface area contributed by atoms with Crippen LogP contribution in [0.1, 0.15) is 51.4 Å². The number of nitriles is 2. The van der Waals surface area contributed by atoms with Crippen molar-refractivity contribution in [2.24, 2.45) is 5.41 Å².